The molecule has 2 amide bonds. The molecule has 4 aliphatic heterocycles. The summed E-state index contributed by atoms with van der Waals surface area (Å²) in [6.07, 6.45) is 15.0. The van der Waals surface area contributed by atoms with Gasteiger partial charge in [0.25, 0.3) is 0 Å². The van der Waals surface area contributed by atoms with Crippen LogP contribution in [0.3, 0.4) is 0 Å². The van der Waals surface area contributed by atoms with Crippen LogP contribution in [0.25, 0.3) is 21.8 Å². The molecule has 0 radical (unpaired) electrons. The van der Waals surface area contributed by atoms with E-state index < -0.39 is 70.2 Å². The number of hydrogen-bond donors (Lipinski definition) is 1. The van der Waals surface area contributed by atoms with E-state index in [0.717, 1.165) is 108 Å². The summed E-state index contributed by atoms with van der Waals surface area (Å²) in [6, 6.07) is 14.2. The summed E-state index contributed by atoms with van der Waals surface area (Å²) in [5, 5.41) is 12.3. The molecule has 8 rings (SSSR count). The fourth-order valence-corrected chi connectivity index (χ4v) is 12.2. The van der Waals surface area contributed by atoms with Crippen molar-refractivity contribution in [2.75, 3.05) is 20.2 Å². The number of carboxylic acids is 1. The number of aliphatic carboxylic acids is 1. The van der Waals surface area contributed by atoms with Crippen LogP contribution in [-0.2, 0) is 55.8 Å². The van der Waals surface area contributed by atoms with Gasteiger partial charge in [-0.05, 0) is 132 Å². The number of carbonyl (C=O) groups excluding carboxylic acids is 5. The van der Waals surface area contributed by atoms with Gasteiger partial charge in [-0.2, -0.15) is 0 Å². The van der Waals surface area contributed by atoms with Crippen molar-refractivity contribution >= 4 is 57.5 Å². The fourth-order valence-electron chi connectivity index (χ4n) is 12.2. The van der Waals surface area contributed by atoms with Gasteiger partial charge in [-0.3, -0.25) is 19.2 Å². The summed E-state index contributed by atoms with van der Waals surface area (Å²) in [5.74, 6) is -2.77. The maximum absolute atomic E-state index is 14.1. The summed E-state index contributed by atoms with van der Waals surface area (Å²) in [7, 11) is 1.34. The predicted octanol–water partition coefficient (Wildman–Crippen LogP) is 11.6. The summed E-state index contributed by atoms with van der Waals surface area (Å²) in [5.41, 5.74) is 2.69. The molecule has 4 aromatic rings. The molecule has 1 N–H and O–H groups in total. The minimum Gasteiger partial charge on any atom is -0.483 e. The first-order chi connectivity index (χ1) is 38.4. The Morgan fingerprint density at radius 2 is 1.06 bits per heavy atom. The van der Waals surface area contributed by atoms with E-state index in [0.29, 0.717) is 44.3 Å². The summed E-state index contributed by atoms with van der Waals surface area (Å²) < 4.78 is 29.6. The molecule has 2 saturated heterocycles. The van der Waals surface area contributed by atoms with Crippen LogP contribution in [0.15, 0.2) is 73.8 Å². The number of esters is 3. The topological polar surface area (TPSA) is 201 Å². The normalized spacial score (nSPS) is 21.0. The highest BCUT2D eigenvalue weighted by atomic mass is 16.6. The van der Waals surface area contributed by atoms with Crippen LogP contribution in [0.5, 0.6) is 11.5 Å². The monoisotopic (exact) mass is 1110 g/mol. The number of unbranched alkanes of at least 4 members (excludes halogenated alkanes) is 6. The number of aryl methyl sites for hydroxylation is 4. The number of carbonyl (C=O) groups is 6. The Kier molecular flexibility index (Phi) is 20.1. The second-order valence-electron chi connectivity index (χ2n) is 24.7. The van der Waals surface area contributed by atoms with Gasteiger partial charge in [0.1, 0.15) is 46.0 Å². The lowest BCUT2D eigenvalue weighted by molar-refractivity contribution is -0.160. The Morgan fingerprint density at radius 3 is 1.46 bits per heavy atom. The number of allylic oxidation sites excluding steroid dienone is 2. The third-order valence-corrected chi connectivity index (χ3v) is 15.9. The maximum atomic E-state index is 14.1. The van der Waals surface area contributed by atoms with Crippen LogP contribution < -0.4 is 9.47 Å². The molecule has 16 nitrogen and oxygen atoms in total. The first-order valence-corrected chi connectivity index (χ1v) is 29.1. The quantitative estimate of drug-likeness (QED) is 0.0379. The largest absolute Gasteiger partial charge is 0.483 e. The van der Waals surface area contributed by atoms with E-state index in [-0.39, 0.29) is 44.2 Å². The highest BCUT2D eigenvalue weighted by Crippen LogP contribution is 2.47. The summed E-state index contributed by atoms with van der Waals surface area (Å²) in [6.45, 7) is 22.6. The van der Waals surface area contributed by atoms with Crippen LogP contribution >= 0.6 is 0 Å². The van der Waals surface area contributed by atoms with Crippen LogP contribution in [-0.4, -0.2) is 115 Å². The van der Waals surface area contributed by atoms with Crippen molar-refractivity contribution in [1.82, 2.24) is 19.8 Å². The Labute approximate surface area is 478 Å². The number of rotatable bonds is 20. The molecule has 0 unspecified atom stereocenters. The first-order valence-electron chi connectivity index (χ1n) is 29.1. The van der Waals surface area contributed by atoms with Crippen molar-refractivity contribution in [3.8, 4) is 11.5 Å². The number of carboxylic acid groups (broad SMARTS) is 1. The van der Waals surface area contributed by atoms with E-state index in [9.17, 15) is 33.9 Å². The van der Waals surface area contributed by atoms with Gasteiger partial charge in [0.15, 0.2) is 0 Å². The zero-order valence-corrected chi connectivity index (χ0v) is 49.4. The number of pyridine rings is 2. The van der Waals surface area contributed by atoms with Crippen molar-refractivity contribution < 1.29 is 57.6 Å². The smallest absolute Gasteiger partial charge is 0.328 e. The highest BCUT2D eigenvalue weighted by Gasteiger charge is 2.55. The molecule has 2 spiro atoms. The van der Waals surface area contributed by atoms with Crippen molar-refractivity contribution in [1.29, 1.82) is 0 Å². The molecule has 2 aromatic heterocycles. The molecule has 6 atom stereocenters. The minimum atomic E-state index is -1.06. The highest BCUT2D eigenvalue weighted by molar-refractivity contribution is 5.91. The van der Waals surface area contributed by atoms with Gasteiger partial charge in [-0.1, -0.05) is 74.2 Å². The van der Waals surface area contributed by atoms with Gasteiger partial charge < -0.3 is 38.6 Å². The van der Waals surface area contributed by atoms with Crippen LogP contribution in [0.4, 0.5) is 0 Å². The van der Waals surface area contributed by atoms with Gasteiger partial charge in [-0.15, -0.1) is 13.2 Å². The van der Waals surface area contributed by atoms with Crippen molar-refractivity contribution in [3.05, 3.63) is 96.4 Å². The zero-order chi connectivity index (χ0) is 58.9. The van der Waals surface area contributed by atoms with E-state index >= 15 is 0 Å². The second kappa shape index (κ2) is 26.4. The number of para-hydroxylation sites is 2. The molecule has 16 heteroatoms. The second-order valence-corrected chi connectivity index (χ2v) is 24.7. The molecule has 81 heavy (non-hydrogen) atoms. The van der Waals surface area contributed by atoms with Gasteiger partial charge >= 0.3 is 23.9 Å². The third-order valence-electron chi connectivity index (χ3n) is 15.9. The molecule has 6 heterocycles. The predicted molar refractivity (Wildman–Crippen MR) is 311 cm³/mol. The van der Waals surface area contributed by atoms with Crippen LogP contribution in [0.2, 0.25) is 0 Å². The Balaban J connectivity index is 0.000000234. The number of fused-ring (bicyclic) bond motifs is 6. The number of likely N-dealkylation sites (tertiary alicyclic amines) is 2. The molecular weight excluding hydrogens is 1030 g/mol. The number of aromatic nitrogens is 2. The Hall–Kier alpha value is -6.84. The number of ether oxygens (including phenoxy) is 5. The standard InChI is InChI=1S/C33H44N2O6.C32H42N2O6/c1-7-8-9-10-11-14-23(19-28(36)40-32(3,4)5)30(37)35-21-33(20-27(35)31(38)39-6)18-17-25-24-15-12-13-16-26(24)34-22(2)29(25)41-33;1-6-7-8-9-10-13-22(18-27(35)39-31(3,4)5)29(36)34-20-32(19-26(34)30(37)38)17-16-24-23-14-11-12-15-25(23)33-21(2)28(24)40-32/h7,12-13,15-16,23,27H,1,8-11,14,17-21H2,2-6H3;6,11-12,14-15,22,26H,1,7-10,13,16-20H2,2-5H3,(H,37,38)/t23-,27+,33-;22-,26+,32-/m11/s1. The van der Waals surface area contributed by atoms with Crippen LogP contribution in [0, 0.1) is 25.7 Å². The SMILES string of the molecule is C=CCCCCC[C@H](CC(=O)OC(C)(C)C)C(=O)N1C[C@@]2(CCc3c(c(C)nc4ccccc34)O2)C[C@H]1C(=O)O.C=CCCCCC[C@H](CC(=O)OC(C)(C)C)C(=O)N1C[C@@]2(CCc3c(c(C)nc4ccccc34)O2)C[C@H]1C(=O)OC. The molecule has 2 fully saturated rings. The first kappa shape index (κ1) is 61.8. The Morgan fingerprint density at radius 1 is 0.654 bits per heavy atom. The molecule has 0 aliphatic carbocycles. The number of hydrogen-bond acceptors (Lipinski definition) is 13. The summed E-state index contributed by atoms with van der Waals surface area (Å²) in [4.78, 5) is 91.7. The van der Waals surface area contributed by atoms with Gasteiger partial charge in [0.05, 0.1) is 55.5 Å². The number of methoxy groups -OCH3 is 1. The lowest BCUT2D eigenvalue weighted by Gasteiger charge is -2.36. The number of benzene rings is 2. The van der Waals surface area contributed by atoms with E-state index in [4.69, 9.17) is 33.7 Å². The van der Waals surface area contributed by atoms with Gasteiger partial charge in [0.2, 0.25) is 11.8 Å². The van der Waals surface area contributed by atoms with Gasteiger partial charge in [0, 0.05) is 46.6 Å². The lowest BCUT2D eigenvalue weighted by Crippen LogP contribution is -2.46. The van der Waals surface area contributed by atoms with Crippen LogP contribution in [0.1, 0.15) is 167 Å². The van der Waals surface area contributed by atoms with Crippen molar-refractivity contribution in [2.24, 2.45) is 11.8 Å². The van der Waals surface area contributed by atoms with E-state index in [1.54, 1.807) is 25.7 Å². The maximum Gasteiger partial charge on any atom is 0.328 e. The van der Waals surface area contributed by atoms with E-state index in [1.165, 1.54) is 12.0 Å². The third kappa shape index (κ3) is 15.4. The van der Waals surface area contributed by atoms with Crippen molar-refractivity contribution in [2.45, 2.75) is 205 Å². The van der Waals surface area contributed by atoms with E-state index in [1.807, 2.05) is 89.2 Å². The number of amides is 2. The zero-order valence-electron chi connectivity index (χ0n) is 49.4. The summed E-state index contributed by atoms with van der Waals surface area (Å²) >= 11 is 0. The molecular formula is C65H86N4O12. The van der Waals surface area contributed by atoms with Gasteiger partial charge in [-0.25, -0.2) is 19.6 Å². The molecule has 0 bridgehead atoms. The number of nitrogens with zero attached hydrogens (tertiary/aromatic N) is 4. The molecule has 2 aromatic carbocycles. The van der Waals surface area contributed by atoms with Crippen molar-refractivity contribution in [3.63, 3.8) is 0 Å². The minimum absolute atomic E-state index is 0.0341. The average Bonchev–Trinajstić information content (AvgIpc) is 4.25. The van der Waals surface area contributed by atoms with E-state index in [2.05, 4.69) is 19.2 Å². The fraction of sp³-hybridized carbons (Fsp3) is 0.569. The molecule has 438 valence electrons. The Bertz CT molecular complexity index is 2980. The average molecular weight is 1120 g/mol. The molecule has 4 aliphatic rings. The lowest BCUT2D eigenvalue weighted by atomic mass is 9.87. The molecule has 0 saturated carbocycles.